The SMILES string of the molecule is C=Cc1c2[n-]c(c1C)/C=C1\[N-]C(C3=c4[n-]/c(c(C)c4C(=O)[C@@H]3C(=O)OC)=C\c3[n-]c(/c(=C\O)c3CC)=C\2)[C@@H](CCC)[C@@H]1C.[Mg+2]. The number of ketones is 1. The third kappa shape index (κ3) is 4.63. The summed E-state index contributed by atoms with van der Waals surface area (Å²) in [6.07, 6.45) is 11.1. The molecule has 1 aliphatic carbocycles. The fourth-order valence-corrected chi connectivity index (χ4v) is 7.18. The molecule has 2 aliphatic heterocycles. The number of Topliss-reactive ketones (excluding diaryl/α,β-unsaturated/α-hetero) is 1. The topological polar surface area (TPSA) is 120 Å². The van der Waals surface area contributed by atoms with E-state index in [1.54, 1.807) is 6.08 Å². The third-order valence-corrected chi connectivity index (χ3v) is 9.48. The van der Waals surface area contributed by atoms with Crippen molar-refractivity contribution in [3.8, 4) is 0 Å². The standard InChI is InChI=1S/C35H36N4O4.Mg/c1-8-11-21-17(5)24-12-23-16(4)19(9-2)26(36-23)14-28-22(15-40)20(10-3)27(37-28)13-25-18(6)29-33(39-25)30(32(21)38-24)31(34(29)41)35(42)43-7;/h9,12-15,17,21,31-32H,2,8,10-11H2,1,3-7H3,(H,40,41);/q-4;+2/b24-12-,28-14-;/t17-,21-,31+,32?;/m0./s1. The van der Waals surface area contributed by atoms with Crippen LogP contribution in [0.5, 0.6) is 0 Å². The van der Waals surface area contributed by atoms with Crippen LogP contribution in [0.4, 0.5) is 0 Å². The van der Waals surface area contributed by atoms with Crippen molar-refractivity contribution in [1.82, 2.24) is 15.0 Å². The van der Waals surface area contributed by atoms with Crippen LogP contribution in [0, 0.1) is 31.6 Å². The first kappa shape index (κ1) is 31.7. The van der Waals surface area contributed by atoms with Gasteiger partial charge in [-0.2, -0.15) is 5.70 Å². The van der Waals surface area contributed by atoms with Crippen molar-refractivity contribution >= 4 is 70.9 Å². The number of rotatable bonds is 5. The van der Waals surface area contributed by atoms with E-state index in [0.717, 1.165) is 47.2 Å². The molecule has 224 valence electrons. The number of esters is 1. The number of aliphatic hydroxyl groups is 1. The van der Waals surface area contributed by atoms with Crippen molar-refractivity contribution in [1.29, 1.82) is 0 Å². The molecule has 9 heteroatoms. The minimum atomic E-state index is -1.08. The molecular formula is C35H36MgN4O4-2. The number of hydrogen-bond donors (Lipinski definition) is 1. The molecule has 1 unspecified atom stereocenters. The number of nitrogens with zero attached hydrogens (tertiary/aromatic N) is 4. The summed E-state index contributed by atoms with van der Waals surface area (Å²) < 4.78 is 5.17. The molecule has 0 radical (unpaired) electrons. The summed E-state index contributed by atoms with van der Waals surface area (Å²) in [5.74, 6) is -1.82. The van der Waals surface area contributed by atoms with Crippen molar-refractivity contribution in [2.75, 3.05) is 7.11 Å². The molecule has 1 N–H and O–H groups in total. The molecule has 3 aromatic heterocycles. The molecule has 0 aromatic carbocycles. The Morgan fingerprint density at radius 2 is 1.77 bits per heavy atom. The average Bonchev–Trinajstić information content (AvgIpc) is 3.74. The largest absolute Gasteiger partial charge is 2.00 e. The van der Waals surface area contributed by atoms with Crippen LogP contribution in [0.3, 0.4) is 0 Å². The molecule has 3 aliphatic rings. The summed E-state index contributed by atoms with van der Waals surface area (Å²) in [5, 5.41) is 17.9. The molecule has 0 saturated carbocycles. The number of ether oxygens (including phenoxy) is 1. The van der Waals surface area contributed by atoms with Gasteiger partial charge >= 0.3 is 29.0 Å². The van der Waals surface area contributed by atoms with Gasteiger partial charge in [0.15, 0.2) is 5.78 Å². The van der Waals surface area contributed by atoms with Crippen molar-refractivity contribution in [2.45, 2.75) is 59.9 Å². The van der Waals surface area contributed by atoms with Gasteiger partial charge in [0.05, 0.1) is 13.4 Å². The summed E-state index contributed by atoms with van der Waals surface area (Å²) in [6, 6.07) is -0.406. The van der Waals surface area contributed by atoms with E-state index in [1.807, 2.05) is 39.0 Å². The van der Waals surface area contributed by atoms with Gasteiger partial charge in [-0.05, 0) is 42.9 Å². The first-order valence-corrected chi connectivity index (χ1v) is 14.9. The van der Waals surface area contributed by atoms with Gasteiger partial charge in [0, 0.05) is 5.56 Å². The molecule has 0 amide bonds. The van der Waals surface area contributed by atoms with E-state index in [0.29, 0.717) is 55.8 Å². The molecular weight excluding hydrogens is 565 g/mol. The zero-order valence-corrected chi connectivity index (χ0v) is 27.6. The van der Waals surface area contributed by atoms with Crippen LogP contribution in [0.1, 0.15) is 83.3 Å². The van der Waals surface area contributed by atoms with Crippen molar-refractivity contribution in [3.05, 3.63) is 83.8 Å². The third-order valence-electron chi connectivity index (χ3n) is 9.48. The molecule has 44 heavy (non-hydrogen) atoms. The Morgan fingerprint density at radius 1 is 1.05 bits per heavy atom. The van der Waals surface area contributed by atoms with E-state index in [9.17, 15) is 14.7 Å². The quantitative estimate of drug-likeness (QED) is 0.271. The Balaban J connectivity index is 0.00000384. The Labute approximate surface area is 272 Å². The maximum Gasteiger partial charge on any atom is 2.00 e. The average molecular weight is 601 g/mol. The van der Waals surface area contributed by atoms with Gasteiger partial charge in [-0.3, -0.25) is 9.59 Å². The number of hydrogen-bond acceptors (Lipinski definition) is 4. The summed E-state index contributed by atoms with van der Waals surface area (Å²) in [4.78, 5) is 42.1. The van der Waals surface area contributed by atoms with Gasteiger partial charge in [0.25, 0.3) is 0 Å². The molecule has 1 fully saturated rings. The number of aromatic nitrogens is 3. The Morgan fingerprint density at radius 3 is 2.41 bits per heavy atom. The van der Waals surface area contributed by atoms with Crippen LogP contribution in [0.15, 0.2) is 12.3 Å². The number of carbonyl (C=O) groups is 2. The Kier molecular flexibility index (Phi) is 8.66. The monoisotopic (exact) mass is 600 g/mol. The zero-order chi connectivity index (χ0) is 30.7. The van der Waals surface area contributed by atoms with Crippen molar-refractivity contribution in [2.24, 2.45) is 17.8 Å². The van der Waals surface area contributed by atoms with E-state index in [-0.39, 0.29) is 40.7 Å². The van der Waals surface area contributed by atoms with Gasteiger partial charge in [-0.25, -0.2) is 0 Å². The second-order valence-electron chi connectivity index (χ2n) is 11.7. The number of carbonyl (C=O) groups excluding carboxylic acids is 2. The normalized spacial score (nSPS) is 24.9. The van der Waals surface area contributed by atoms with E-state index in [2.05, 4.69) is 20.4 Å². The minimum absolute atomic E-state index is 0. The molecule has 8 bridgehead atoms. The van der Waals surface area contributed by atoms with Gasteiger partial charge < -0.3 is 30.1 Å². The number of methoxy groups -OCH3 is 1. The number of aliphatic hydroxyl groups excluding tert-OH is 1. The van der Waals surface area contributed by atoms with E-state index in [4.69, 9.17) is 25.0 Å². The number of allylic oxidation sites excluding steroid dienone is 1. The zero-order valence-electron chi connectivity index (χ0n) is 26.2. The summed E-state index contributed by atoms with van der Waals surface area (Å²) >= 11 is 0. The fraction of sp³-hybridized carbons (Fsp3) is 0.371. The van der Waals surface area contributed by atoms with E-state index in [1.165, 1.54) is 7.11 Å². The van der Waals surface area contributed by atoms with Crippen molar-refractivity contribution in [3.63, 3.8) is 0 Å². The van der Waals surface area contributed by atoms with E-state index >= 15 is 0 Å². The van der Waals surface area contributed by atoms with Crippen molar-refractivity contribution < 1.29 is 19.4 Å². The first-order chi connectivity index (χ1) is 20.7. The predicted octanol–water partition coefficient (Wildman–Crippen LogP) is 2.25. The predicted molar refractivity (Wildman–Crippen MR) is 173 cm³/mol. The summed E-state index contributed by atoms with van der Waals surface area (Å²) in [5.41, 5.74) is 7.52. The minimum Gasteiger partial charge on any atom is -0.681 e. The van der Waals surface area contributed by atoms with E-state index < -0.39 is 17.9 Å². The van der Waals surface area contributed by atoms with Crippen LogP contribution < -0.4 is 36.2 Å². The first-order valence-electron chi connectivity index (χ1n) is 14.9. The number of fused-ring (bicyclic) bond motifs is 8. The summed E-state index contributed by atoms with van der Waals surface area (Å²) in [6.45, 7) is 14.2. The summed E-state index contributed by atoms with van der Waals surface area (Å²) in [7, 11) is 1.31. The molecule has 0 spiro atoms. The second kappa shape index (κ2) is 12.0. The van der Waals surface area contributed by atoms with Crippen LogP contribution in [-0.4, -0.2) is 53.1 Å². The van der Waals surface area contributed by atoms with Crippen LogP contribution >= 0.6 is 0 Å². The Bertz CT molecular complexity index is 1970. The molecule has 5 heterocycles. The van der Waals surface area contributed by atoms with Crippen LogP contribution in [0.2, 0.25) is 0 Å². The molecule has 8 nitrogen and oxygen atoms in total. The van der Waals surface area contributed by atoms with Gasteiger partial charge in [-0.1, -0.05) is 92.8 Å². The van der Waals surface area contributed by atoms with Gasteiger partial charge in [0.1, 0.15) is 5.92 Å². The van der Waals surface area contributed by atoms with Crippen LogP contribution in [-0.2, 0) is 16.0 Å². The molecule has 6 rings (SSSR count). The molecule has 1 saturated heterocycles. The second-order valence-corrected chi connectivity index (χ2v) is 11.7. The maximum absolute atomic E-state index is 14.0. The fourth-order valence-electron chi connectivity index (χ4n) is 7.18. The molecule has 3 aromatic rings. The van der Waals surface area contributed by atoms with Gasteiger partial charge in [-0.15, -0.1) is 33.1 Å². The molecule has 4 atom stereocenters. The smallest absolute Gasteiger partial charge is 0.681 e. The van der Waals surface area contributed by atoms with Gasteiger partial charge in [0.2, 0.25) is 0 Å². The van der Waals surface area contributed by atoms with Crippen LogP contribution in [0.25, 0.3) is 41.5 Å². The Hall–Kier alpha value is -3.69. The maximum atomic E-state index is 14.0.